The van der Waals surface area contributed by atoms with E-state index in [4.69, 9.17) is 4.74 Å². The maximum Gasteiger partial charge on any atom is 0.126 e. The first kappa shape index (κ1) is 5.72. The summed E-state index contributed by atoms with van der Waals surface area (Å²) in [6.45, 7) is 0. The van der Waals surface area contributed by atoms with Gasteiger partial charge in [-0.15, -0.1) is 0 Å². The van der Waals surface area contributed by atoms with Gasteiger partial charge in [0.25, 0.3) is 0 Å². The van der Waals surface area contributed by atoms with Crippen LogP contribution >= 0.6 is 0 Å². The first-order valence-electron chi connectivity index (χ1n) is 4.04. The Labute approximate surface area is 65.2 Å². The van der Waals surface area contributed by atoms with Crippen molar-refractivity contribution in [2.75, 3.05) is 0 Å². The van der Waals surface area contributed by atoms with Crippen LogP contribution in [0.5, 0.6) is 0 Å². The van der Waals surface area contributed by atoms with Crippen molar-refractivity contribution in [3.05, 3.63) is 29.6 Å². The summed E-state index contributed by atoms with van der Waals surface area (Å²) in [5.41, 5.74) is 2.56. The number of aromatic nitrogens is 1. The molecule has 2 nitrogen and oxygen atoms in total. The zero-order valence-electron chi connectivity index (χ0n) is 6.16. The number of rotatable bonds is 0. The molecule has 1 fully saturated rings. The van der Waals surface area contributed by atoms with Crippen molar-refractivity contribution in [2.45, 2.75) is 25.0 Å². The highest BCUT2D eigenvalue weighted by atomic mass is 16.6. The normalized spacial score (nSPS) is 32.4. The van der Waals surface area contributed by atoms with Gasteiger partial charge in [-0.05, 0) is 24.5 Å². The monoisotopic (exact) mass is 147 g/mol. The zero-order chi connectivity index (χ0) is 7.26. The number of nitrogens with zero attached hydrogens (tertiary/aromatic N) is 1. The highest BCUT2D eigenvalue weighted by Crippen LogP contribution is 2.45. The molecule has 0 saturated carbocycles. The molecule has 0 aromatic carbocycles. The van der Waals surface area contributed by atoms with Crippen LogP contribution in [0.25, 0.3) is 0 Å². The standard InChI is InChI=1S/C9H9NO/c1-2-6-3-4-7-9(11-7)8(6)10-5-1/h1-2,5,7,9H,3-4H2. The number of pyridine rings is 1. The van der Waals surface area contributed by atoms with Gasteiger partial charge in [0.05, 0.1) is 11.8 Å². The Balaban J connectivity index is 2.14. The predicted molar refractivity (Wildman–Crippen MR) is 40.2 cm³/mol. The van der Waals surface area contributed by atoms with Crippen LogP contribution in [-0.4, -0.2) is 11.1 Å². The lowest BCUT2D eigenvalue weighted by Crippen LogP contribution is -2.05. The lowest BCUT2D eigenvalue weighted by Gasteiger charge is -2.08. The third-order valence-electron chi connectivity index (χ3n) is 2.48. The maximum atomic E-state index is 5.44. The molecule has 3 rings (SSSR count). The van der Waals surface area contributed by atoms with Crippen LogP contribution in [0.15, 0.2) is 18.3 Å². The first-order chi connectivity index (χ1) is 5.45. The predicted octanol–water partition coefficient (Wildman–Crippen LogP) is 1.47. The van der Waals surface area contributed by atoms with Crippen LogP contribution in [0.2, 0.25) is 0 Å². The van der Waals surface area contributed by atoms with E-state index in [0.29, 0.717) is 12.2 Å². The van der Waals surface area contributed by atoms with Crippen LogP contribution in [0, 0.1) is 0 Å². The summed E-state index contributed by atoms with van der Waals surface area (Å²) < 4.78 is 5.44. The molecule has 0 amide bonds. The summed E-state index contributed by atoms with van der Waals surface area (Å²) in [7, 11) is 0. The van der Waals surface area contributed by atoms with Gasteiger partial charge in [0, 0.05) is 6.20 Å². The van der Waals surface area contributed by atoms with Gasteiger partial charge >= 0.3 is 0 Å². The average Bonchev–Trinajstić information content (AvgIpc) is 2.83. The van der Waals surface area contributed by atoms with Gasteiger partial charge in [0.15, 0.2) is 0 Å². The number of fused-ring (bicyclic) bond motifs is 3. The van der Waals surface area contributed by atoms with Crippen LogP contribution in [-0.2, 0) is 11.2 Å². The Hall–Kier alpha value is -0.890. The van der Waals surface area contributed by atoms with E-state index in [9.17, 15) is 0 Å². The molecule has 2 heteroatoms. The van der Waals surface area contributed by atoms with Gasteiger partial charge < -0.3 is 4.74 Å². The minimum absolute atomic E-state index is 0.347. The highest BCUT2D eigenvalue weighted by molar-refractivity contribution is 5.29. The second kappa shape index (κ2) is 1.83. The lowest BCUT2D eigenvalue weighted by atomic mass is 9.96. The van der Waals surface area contributed by atoms with Crippen molar-refractivity contribution in [2.24, 2.45) is 0 Å². The molecular weight excluding hydrogens is 138 g/mol. The van der Waals surface area contributed by atoms with E-state index >= 15 is 0 Å². The van der Waals surface area contributed by atoms with Crippen molar-refractivity contribution in [3.8, 4) is 0 Å². The molecule has 1 aliphatic carbocycles. The van der Waals surface area contributed by atoms with Crippen molar-refractivity contribution < 1.29 is 4.74 Å². The minimum atomic E-state index is 0.347. The Morgan fingerprint density at radius 2 is 2.55 bits per heavy atom. The summed E-state index contributed by atoms with van der Waals surface area (Å²) in [6.07, 6.45) is 5.02. The van der Waals surface area contributed by atoms with Crippen LogP contribution in [0.1, 0.15) is 23.8 Å². The molecule has 1 aromatic heterocycles. The molecule has 0 spiro atoms. The Kier molecular flexibility index (Phi) is 0.950. The molecule has 0 radical (unpaired) electrons. The van der Waals surface area contributed by atoms with E-state index in [1.54, 1.807) is 0 Å². The largest absolute Gasteiger partial charge is 0.363 e. The number of hydrogen-bond donors (Lipinski definition) is 0. The Morgan fingerprint density at radius 3 is 3.55 bits per heavy atom. The molecule has 56 valence electrons. The van der Waals surface area contributed by atoms with Gasteiger partial charge in [-0.25, -0.2) is 0 Å². The number of epoxide rings is 1. The third kappa shape index (κ3) is 0.730. The minimum Gasteiger partial charge on any atom is -0.363 e. The quantitative estimate of drug-likeness (QED) is 0.519. The third-order valence-corrected chi connectivity index (χ3v) is 2.48. The molecule has 0 N–H and O–H groups in total. The average molecular weight is 147 g/mol. The second-order valence-corrected chi connectivity index (χ2v) is 3.18. The molecule has 1 aromatic rings. The Morgan fingerprint density at radius 1 is 1.55 bits per heavy atom. The van der Waals surface area contributed by atoms with Gasteiger partial charge in [0.1, 0.15) is 6.10 Å². The number of ether oxygens (including phenoxy) is 1. The molecule has 1 saturated heterocycles. The summed E-state index contributed by atoms with van der Waals surface area (Å²) in [6, 6.07) is 4.15. The topological polar surface area (TPSA) is 25.4 Å². The van der Waals surface area contributed by atoms with E-state index < -0.39 is 0 Å². The molecule has 2 atom stereocenters. The zero-order valence-corrected chi connectivity index (χ0v) is 6.16. The molecule has 2 heterocycles. The highest BCUT2D eigenvalue weighted by Gasteiger charge is 2.44. The van der Waals surface area contributed by atoms with Crippen LogP contribution in [0.3, 0.4) is 0 Å². The maximum absolute atomic E-state index is 5.44. The van der Waals surface area contributed by atoms with Gasteiger partial charge in [-0.2, -0.15) is 0 Å². The summed E-state index contributed by atoms with van der Waals surface area (Å²) >= 11 is 0. The van der Waals surface area contributed by atoms with E-state index in [0.717, 1.165) is 6.42 Å². The summed E-state index contributed by atoms with van der Waals surface area (Å²) in [5.74, 6) is 0. The van der Waals surface area contributed by atoms with E-state index in [1.165, 1.54) is 17.7 Å². The smallest absolute Gasteiger partial charge is 0.126 e. The summed E-state index contributed by atoms with van der Waals surface area (Å²) in [4.78, 5) is 4.32. The summed E-state index contributed by atoms with van der Waals surface area (Å²) in [5, 5.41) is 0. The molecule has 2 unspecified atom stereocenters. The number of aryl methyl sites for hydroxylation is 1. The Bertz CT molecular complexity index is 297. The van der Waals surface area contributed by atoms with Crippen molar-refractivity contribution >= 4 is 0 Å². The SMILES string of the molecule is c1cnc2c(c1)CCC1OC21. The van der Waals surface area contributed by atoms with Crippen LogP contribution in [0.4, 0.5) is 0 Å². The van der Waals surface area contributed by atoms with Gasteiger partial charge in [-0.1, -0.05) is 6.07 Å². The molecule has 2 aliphatic rings. The van der Waals surface area contributed by atoms with Gasteiger partial charge in [0.2, 0.25) is 0 Å². The van der Waals surface area contributed by atoms with E-state index in [-0.39, 0.29) is 0 Å². The van der Waals surface area contributed by atoms with E-state index in [1.807, 2.05) is 12.3 Å². The second-order valence-electron chi connectivity index (χ2n) is 3.18. The molecule has 11 heavy (non-hydrogen) atoms. The van der Waals surface area contributed by atoms with Crippen molar-refractivity contribution in [3.63, 3.8) is 0 Å². The van der Waals surface area contributed by atoms with Crippen molar-refractivity contribution in [1.82, 2.24) is 4.98 Å². The fourth-order valence-corrected chi connectivity index (χ4v) is 1.82. The molecule has 1 aliphatic heterocycles. The van der Waals surface area contributed by atoms with Crippen molar-refractivity contribution in [1.29, 1.82) is 0 Å². The van der Waals surface area contributed by atoms with Crippen LogP contribution < -0.4 is 0 Å². The fraction of sp³-hybridized carbons (Fsp3) is 0.444. The fourth-order valence-electron chi connectivity index (χ4n) is 1.82. The first-order valence-corrected chi connectivity index (χ1v) is 4.04. The number of hydrogen-bond acceptors (Lipinski definition) is 2. The molecule has 0 bridgehead atoms. The van der Waals surface area contributed by atoms with E-state index in [2.05, 4.69) is 11.1 Å². The van der Waals surface area contributed by atoms with Gasteiger partial charge in [-0.3, -0.25) is 4.98 Å². The molecular formula is C9H9NO. The lowest BCUT2D eigenvalue weighted by molar-refractivity contribution is 0.371.